The first-order chi connectivity index (χ1) is 16.7. The van der Waals surface area contributed by atoms with Crippen LogP contribution in [-0.4, -0.2) is 42.2 Å². The minimum absolute atomic E-state index is 0.0955. The number of rotatable bonds is 6. The topological polar surface area (TPSA) is 118 Å². The Morgan fingerprint density at radius 2 is 1.86 bits per heavy atom. The quantitative estimate of drug-likeness (QED) is 0.303. The summed E-state index contributed by atoms with van der Waals surface area (Å²) in [6, 6.07) is 12.7. The van der Waals surface area contributed by atoms with Crippen LogP contribution in [0.4, 0.5) is 5.69 Å². The number of hydrogen-bond acceptors (Lipinski definition) is 7. The molecule has 10 heteroatoms. The van der Waals surface area contributed by atoms with Gasteiger partial charge in [0, 0.05) is 11.6 Å². The molecule has 0 aliphatic carbocycles. The van der Waals surface area contributed by atoms with Gasteiger partial charge in [0.15, 0.2) is 5.11 Å². The summed E-state index contributed by atoms with van der Waals surface area (Å²) in [6.07, 6.45) is 1.31. The maximum Gasteiger partial charge on any atom is 0.335 e. The number of carboxylic acid groups (broad SMARTS) is 1. The molecular formula is C25H20N2O7S. The lowest BCUT2D eigenvalue weighted by molar-refractivity contribution is -0.122. The molecule has 35 heavy (non-hydrogen) atoms. The van der Waals surface area contributed by atoms with Crippen molar-refractivity contribution in [2.75, 3.05) is 19.1 Å². The third-order valence-corrected chi connectivity index (χ3v) is 5.68. The van der Waals surface area contributed by atoms with Crippen LogP contribution >= 0.6 is 12.2 Å². The van der Waals surface area contributed by atoms with Crippen LogP contribution in [0.5, 0.6) is 11.5 Å². The van der Waals surface area contributed by atoms with Gasteiger partial charge in [0.05, 0.1) is 25.5 Å². The predicted molar refractivity (Wildman–Crippen MR) is 132 cm³/mol. The minimum atomic E-state index is -1.06. The van der Waals surface area contributed by atoms with Gasteiger partial charge in [-0.25, -0.2) is 9.69 Å². The average molecular weight is 493 g/mol. The summed E-state index contributed by atoms with van der Waals surface area (Å²) in [5.41, 5.74) is 1.63. The van der Waals surface area contributed by atoms with Crippen molar-refractivity contribution in [1.29, 1.82) is 0 Å². The molecule has 2 heterocycles. The molecule has 1 fully saturated rings. The molecule has 178 valence electrons. The zero-order chi connectivity index (χ0) is 25.3. The van der Waals surface area contributed by atoms with Crippen LogP contribution in [0.3, 0.4) is 0 Å². The van der Waals surface area contributed by atoms with Gasteiger partial charge in [-0.15, -0.1) is 0 Å². The molecule has 2 N–H and O–H groups in total. The van der Waals surface area contributed by atoms with Crippen LogP contribution < -0.4 is 19.7 Å². The second-order valence-corrected chi connectivity index (χ2v) is 7.92. The number of nitrogens with zero attached hydrogens (tertiary/aromatic N) is 1. The van der Waals surface area contributed by atoms with Gasteiger partial charge in [0.1, 0.15) is 28.6 Å². The van der Waals surface area contributed by atoms with E-state index in [1.54, 1.807) is 36.4 Å². The normalized spacial score (nSPS) is 14.8. The highest BCUT2D eigenvalue weighted by Gasteiger charge is 2.36. The number of anilines is 1. The van der Waals surface area contributed by atoms with E-state index in [0.717, 1.165) is 10.5 Å². The number of aromatic carboxylic acids is 1. The Bertz CT molecular complexity index is 1410. The molecule has 0 spiro atoms. The maximum atomic E-state index is 13.3. The Morgan fingerprint density at radius 1 is 1.09 bits per heavy atom. The second kappa shape index (κ2) is 9.43. The molecule has 3 aromatic rings. The summed E-state index contributed by atoms with van der Waals surface area (Å²) in [5.74, 6) is -0.932. The fourth-order valence-corrected chi connectivity index (χ4v) is 3.86. The zero-order valence-corrected chi connectivity index (χ0v) is 19.8. The summed E-state index contributed by atoms with van der Waals surface area (Å²) in [7, 11) is 2.94. The van der Waals surface area contributed by atoms with Crippen LogP contribution in [0.15, 0.2) is 58.5 Å². The molecule has 1 saturated heterocycles. The van der Waals surface area contributed by atoms with E-state index in [9.17, 15) is 19.5 Å². The molecule has 0 saturated carbocycles. The highest BCUT2D eigenvalue weighted by atomic mass is 32.1. The molecule has 1 aliphatic rings. The smallest absolute Gasteiger partial charge is 0.335 e. The van der Waals surface area contributed by atoms with Crippen molar-refractivity contribution >= 4 is 46.9 Å². The number of amides is 2. The fraction of sp³-hybridized carbons (Fsp3) is 0.120. The van der Waals surface area contributed by atoms with Crippen molar-refractivity contribution in [2.24, 2.45) is 0 Å². The Hall–Kier alpha value is -4.44. The number of hydrogen-bond donors (Lipinski definition) is 2. The lowest BCUT2D eigenvalue weighted by Gasteiger charge is -2.29. The molecule has 0 radical (unpaired) electrons. The molecule has 0 atom stereocenters. The maximum absolute atomic E-state index is 13.3. The van der Waals surface area contributed by atoms with Gasteiger partial charge in [-0.05, 0) is 67.2 Å². The number of thiocarbonyl (C=S) groups is 1. The summed E-state index contributed by atoms with van der Waals surface area (Å²) in [6.45, 7) is 1.82. The highest BCUT2D eigenvalue weighted by Crippen LogP contribution is 2.35. The third-order valence-electron chi connectivity index (χ3n) is 5.39. The van der Waals surface area contributed by atoms with Crippen molar-refractivity contribution in [1.82, 2.24) is 5.32 Å². The second-order valence-electron chi connectivity index (χ2n) is 7.53. The van der Waals surface area contributed by atoms with E-state index in [4.69, 9.17) is 26.1 Å². The lowest BCUT2D eigenvalue weighted by atomic mass is 10.0. The van der Waals surface area contributed by atoms with Crippen LogP contribution in [0.1, 0.15) is 21.7 Å². The highest BCUT2D eigenvalue weighted by molar-refractivity contribution is 7.80. The largest absolute Gasteiger partial charge is 0.497 e. The van der Waals surface area contributed by atoms with Gasteiger partial charge >= 0.3 is 5.97 Å². The SMILES string of the molecule is COc1ccc(N2C(=O)/C(=C\c3ccc(-c4cc(C(=O)O)ccc4C)o3)C(=O)NC2=S)c(OC)c1. The van der Waals surface area contributed by atoms with E-state index in [0.29, 0.717) is 28.5 Å². The summed E-state index contributed by atoms with van der Waals surface area (Å²) >= 11 is 5.25. The Kier molecular flexibility index (Phi) is 6.39. The number of benzene rings is 2. The molecule has 9 nitrogen and oxygen atoms in total. The first kappa shape index (κ1) is 23.7. The third kappa shape index (κ3) is 4.51. The van der Waals surface area contributed by atoms with E-state index in [2.05, 4.69) is 5.32 Å². The molecular weight excluding hydrogens is 472 g/mol. The number of furan rings is 1. The van der Waals surface area contributed by atoms with E-state index in [-0.39, 0.29) is 22.0 Å². The first-order valence-electron chi connectivity index (χ1n) is 10.3. The molecule has 2 amide bonds. The van der Waals surface area contributed by atoms with Crippen LogP contribution in [0.25, 0.3) is 17.4 Å². The molecule has 0 bridgehead atoms. The molecule has 2 aromatic carbocycles. The van der Waals surface area contributed by atoms with Gasteiger partial charge in [-0.3, -0.25) is 14.9 Å². The number of ether oxygens (including phenoxy) is 2. The number of carboxylic acids is 1. The van der Waals surface area contributed by atoms with E-state index in [1.165, 1.54) is 32.4 Å². The standard InChI is InChI=1S/C25H20N2O7S/c1-13-4-5-14(24(30)31)10-17(13)20-9-7-16(34-20)11-18-22(28)26-25(35)27(23(18)29)19-8-6-15(32-2)12-21(19)33-3/h4-12H,1-3H3,(H,30,31)(H,26,28,35)/b18-11-. The molecule has 1 aliphatic heterocycles. The number of methoxy groups -OCH3 is 2. The lowest BCUT2D eigenvalue weighted by Crippen LogP contribution is -2.54. The number of carbonyl (C=O) groups is 3. The van der Waals surface area contributed by atoms with Gasteiger partial charge in [-0.1, -0.05) is 6.07 Å². The van der Waals surface area contributed by atoms with Crippen molar-refractivity contribution in [3.8, 4) is 22.8 Å². The van der Waals surface area contributed by atoms with Crippen molar-refractivity contribution in [2.45, 2.75) is 6.92 Å². The number of carbonyl (C=O) groups excluding carboxylic acids is 2. The Balaban J connectivity index is 1.71. The Labute approximate surface area is 205 Å². The van der Waals surface area contributed by atoms with Crippen LogP contribution in [0.2, 0.25) is 0 Å². The average Bonchev–Trinajstić information content (AvgIpc) is 3.30. The first-order valence-corrected chi connectivity index (χ1v) is 10.7. The minimum Gasteiger partial charge on any atom is -0.497 e. The van der Waals surface area contributed by atoms with E-state index >= 15 is 0 Å². The van der Waals surface area contributed by atoms with Gasteiger partial charge in [0.2, 0.25) is 0 Å². The fourth-order valence-electron chi connectivity index (χ4n) is 3.58. The van der Waals surface area contributed by atoms with Crippen LogP contribution in [0, 0.1) is 6.92 Å². The van der Waals surface area contributed by atoms with Crippen molar-refractivity contribution < 1.29 is 33.4 Å². The molecule has 1 aromatic heterocycles. The summed E-state index contributed by atoms with van der Waals surface area (Å²) in [5, 5.41) is 11.7. The van der Waals surface area contributed by atoms with E-state index in [1.807, 2.05) is 6.92 Å². The summed E-state index contributed by atoms with van der Waals surface area (Å²) in [4.78, 5) is 38.5. The number of aryl methyl sites for hydroxylation is 1. The van der Waals surface area contributed by atoms with E-state index < -0.39 is 17.8 Å². The van der Waals surface area contributed by atoms with Crippen molar-refractivity contribution in [3.63, 3.8) is 0 Å². The molecule has 4 rings (SSSR count). The van der Waals surface area contributed by atoms with Gasteiger partial charge in [-0.2, -0.15) is 0 Å². The Morgan fingerprint density at radius 3 is 2.54 bits per heavy atom. The van der Waals surface area contributed by atoms with Crippen LogP contribution in [-0.2, 0) is 9.59 Å². The zero-order valence-electron chi connectivity index (χ0n) is 18.9. The van der Waals surface area contributed by atoms with Gasteiger partial charge in [0.25, 0.3) is 11.8 Å². The van der Waals surface area contributed by atoms with Crippen molar-refractivity contribution in [3.05, 3.63) is 71.0 Å². The number of nitrogens with one attached hydrogen (secondary N) is 1. The predicted octanol–water partition coefficient (Wildman–Crippen LogP) is 3.80. The molecule has 0 unspecified atom stereocenters. The van der Waals surface area contributed by atoms with Gasteiger partial charge < -0.3 is 19.0 Å². The summed E-state index contributed by atoms with van der Waals surface area (Å²) < 4.78 is 16.4. The monoisotopic (exact) mass is 492 g/mol.